The third kappa shape index (κ3) is 4.15. The Morgan fingerprint density at radius 2 is 1.95 bits per heavy atom. The lowest BCUT2D eigenvalue weighted by atomic mass is 10.1. The smallest absolute Gasteiger partial charge is 0.226 e. The van der Waals surface area contributed by atoms with E-state index in [0.29, 0.717) is 24.5 Å². The predicted molar refractivity (Wildman–Crippen MR) is 93.2 cm³/mol. The van der Waals surface area contributed by atoms with E-state index in [1.54, 1.807) is 11.3 Å². The third-order valence-electron chi connectivity index (χ3n) is 3.51. The van der Waals surface area contributed by atoms with Gasteiger partial charge in [0.05, 0.1) is 5.69 Å². The van der Waals surface area contributed by atoms with Gasteiger partial charge in [0.15, 0.2) is 5.13 Å². The lowest BCUT2D eigenvalue weighted by Crippen LogP contribution is -2.13. The molecule has 0 bridgehead atoms. The maximum atomic E-state index is 11.8. The summed E-state index contributed by atoms with van der Waals surface area (Å²) in [4.78, 5) is 17.6. The van der Waals surface area contributed by atoms with E-state index in [1.165, 1.54) is 10.4 Å². The van der Waals surface area contributed by atoms with Crippen LogP contribution in [0.5, 0.6) is 0 Å². The van der Waals surface area contributed by atoms with Gasteiger partial charge in [-0.05, 0) is 31.4 Å². The van der Waals surface area contributed by atoms with Crippen LogP contribution in [0, 0.1) is 0 Å². The Hall–Kier alpha value is -1.72. The normalized spacial score (nSPS) is 10.7. The van der Waals surface area contributed by atoms with E-state index in [9.17, 15) is 4.79 Å². The molecular formula is C17H23N3OS. The second-order valence-corrected chi connectivity index (χ2v) is 6.22. The summed E-state index contributed by atoms with van der Waals surface area (Å²) >= 11 is 1.55. The molecular weight excluding hydrogens is 294 g/mol. The van der Waals surface area contributed by atoms with E-state index < -0.39 is 0 Å². The number of aryl methyl sites for hydroxylation is 2. The SMILES string of the molecule is CCc1ccc(-c2nc(NC(=O)CCCN)sc2CC)cc1. The van der Waals surface area contributed by atoms with Gasteiger partial charge in [0, 0.05) is 16.9 Å². The number of benzene rings is 1. The quantitative estimate of drug-likeness (QED) is 0.819. The van der Waals surface area contributed by atoms with E-state index in [0.717, 1.165) is 24.1 Å². The van der Waals surface area contributed by atoms with E-state index in [2.05, 4.69) is 48.4 Å². The van der Waals surface area contributed by atoms with Crippen LogP contribution in [0.2, 0.25) is 0 Å². The number of anilines is 1. The van der Waals surface area contributed by atoms with Gasteiger partial charge in [0.25, 0.3) is 0 Å². The summed E-state index contributed by atoms with van der Waals surface area (Å²) in [5.74, 6) is -0.0188. The highest BCUT2D eigenvalue weighted by Gasteiger charge is 2.13. The van der Waals surface area contributed by atoms with Gasteiger partial charge in [-0.3, -0.25) is 4.79 Å². The average Bonchev–Trinajstić information content (AvgIpc) is 2.95. The number of nitrogens with two attached hydrogens (primary N) is 1. The first-order valence-corrected chi connectivity index (χ1v) is 8.58. The largest absolute Gasteiger partial charge is 0.330 e. The highest BCUT2D eigenvalue weighted by atomic mass is 32.1. The van der Waals surface area contributed by atoms with Crippen LogP contribution >= 0.6 is 11.3 Å². The van der Waals surface area contributed by atoms with Gasteiger partial charge < -0.3 is 11.1 Å². The molecule has 2 aromatic rings. The number of carbonyl (C=O) groups is 1. The molecule has 118 valence electrons. The van der Waals surface area contributed by atoms with Crippen molar-refractivity contribution in [3.63, 3.8) is 0 Å². The Labute approximate surface area is 135 Å². The molecule has 1 heterocycles. The fourth-order valence-electron chi connectivity index (χ4n) is 2.21. The molecule has 1 aromatic carbocycles. The Balaban J connectivity index is 2.18. The third-order valence-corrected chi connectivity index (χ3v) is 4.62. The number of hydrogen-bond donors (Lipinski definition) is 2. The molecule has 1 aromatic heterocycles. The molecule has 5 heteroatoms. The predicted octanol–water partition coefficient (Wildman–Crippen LogP) is 3.61. The van der Waals surface area contributed by atoms with Crippen LogP contribution in [-0.4, -0.2) is 17.4 Å². The maximum absolute atomic E-state index is 11.8. The van der Waals surface area contributed by atoms with E-state index >= 15 is 0 Å². The molecule has 0 aliphatic heterocycles. The minimum absolute atomic E-state index is 0.0188. The van der Waals surface area contributed by atoms with Gasteiger partial charge >= 0.3 is 0 Å². The van der Waals surface area contributed by atoms with Crippen molar-refractivity contribution in [2.75, 3.05) is 11.9 Å². The summed E-state index contributed by atoms with van der Waals surface area (Å²) < 4.78 is 0. The molecule has 1 amide bonds. The van der Waals surface area contributed by atoms with Gasteiger partial charge in [0.1, 0.15) is 0 Å². The van der Waals surface area contributed by atoms with Crippen LogP contribution in [0.4, 0.5) is 5.13 Å². The molecule has 2 rings (SSSR count). The molecule has 0 saturated heterocycles. The van der Waals surface area contributed by atoms with Crippen molar-refractivity contribution in [2.45, 2.75) is 39.5 Å². The number of nitrogens with zero attached hydrogens (tertiary/aromatic N) is 1. The second-order valence-electron chi connectivity index (χ2n) is 5.14. The first-order valence-electron chi connectivity index (χ1n) is 7.76. The molecule has 4 nitrogen and oxygen atoms in total. The maximum Gasteiger partial charge on any atom is 0.226 e. The zero-order chi connectivity index (χ0) is 15.9. The molecule has 22 heavy (non-hydrogen) atoms. The number of hydrogen-bond acceptors (Lipinski definition) is 4. The van der Waals surface area contributed by atoms with Crippen LogP contribution in [0.3, 0.4) is 0 Å². The number of thiazole rings is 1. The van der Waals surface area contributed by atoms with Crippen molar-refractivity contribution in [2.24, 2.45) is 5.73 Å². The van der Waals surface area contributed by atoms with Crippen LogP contribution in [-0.2, 0) is 17.6 Å². The number of carbonyl (C=O) groups excluding carboxylic acids is 1. The number of rotatable bonds is 7. The first-order chi connectivity index (χ1) is 10.7. The fourth-order valence-corrected chi connectivity index (χ4v) is 3.15. The summed E-state index contributed by atoms with van der Waals surface area (Å²) in [6, 6.07) is 8.47. The Morgan fingerprint density at radius 1 is 1.23 bits per heavy atom. The standard InChI is InChI=1S/C17H23N3OS/c1-3-12-7-9-13(10-8-12)16-14(4-2)22-17(20-16)19-15(21)6-5-11-18/h7-10H,3-6,11,18H2,1-2H3,(H,19,20,21). The van der Waals surface area contributed by atoms with Gasteiger partial charge in [0.2, 0.25) is 5.91 Å². The van der Waals surface area contributed by atoms with Gasteiger partial charge in [-0.25, -0.2) is 4.98 Å². The molecule has 3 N–H and O–H groups in total. The van der Waals surface area contributed by atoms with Crippen LogP contribution < -0.4 is 11.1 Å². The van der Waals surface area contributed by atoms with Crippen molar-refractivity contribution < 1.29 is 4.79 Å². The van der Waals surface area contributed by atoms with E-state index in [1.807, 2.05) is 0 Å². The zero-order valence-electron chi connectivity index (χ0n) is 13.2. The molecule has 0 spiro atoms. The highest BCUT2D eigenvalue weighted by Crippen LogP contribution is 2.31. The van der Waals surface area contributed by atoms with Crippen molar-refractivity contribution in [1.29, 1.82) is 0 Å². The van der Waals surface area contributed by atoms with Crippen molar-refractivity contribution in [3.8, 4) is 11.3 Å². The van der Waals surface area contributed by atoms with Gasteiger partial charge in [-0.2, -0.15) is 0 Å². The monoisotopic (exact) mass is 317 g/mol. The number of amides is 1. The lowest BCUT2D eigenvalue weighted by molar-refractivity contribution is -0.116. The minimum Gasteiger partial charge on any atom is -0.330 e. The average molecular weight is 317 g/mol. The topological polar surface area (TPSA) is 68.0 Å². The number of nitrogens with one attached hydrogen (secondary N) is 1. The summed E-state index contributed by atoms with van der Waals surface area (Å²) in [7, 11) is 0. The molecule has 0 unspecified atom stereocenters. The van der Waals surface area contributed by atoms with Crippen LogP contribution in [0.25, 0.3) is 11.3 Å². The summed E-state index contributed by atoms with van der Waals surface area (Å²) in [5.41, 5.74) is 8.82. The molecule has 0 aliphatic carbocycles. The summed E-state index contributed by atoms with van der Waals surface area (Å²) in [5, 5.41) is 3.55. The number of aromatic nitrogens is 1. The summed E-state index contributed by atoms with van der Waals surface area (Å²) in [6.07, 6.45) is 3.07. The van der Waals surface area contributed by atoms with Crippen molar-refractivity contribution >= 4 is 22.4 Å². The van der Waals surface area contributed by atoms with Crippen LogP contribution in [0.15, 0.2) is 24.3 Å². The molecule has 0 fully saturated rings. The van der Waals surface area contributed by atoms with Crippen molar-refractivity contribution in [1.82, 2.24) is 4.98 Å². The van der Waals surface area contributed by atoms with Gasteiger partial charge in [-0.1, -0.05) is 38.1 Å². The lowest BCUT2D eigenvalue weighted by Gasteiger charge is -2.02. The Kier molecular flexibility index (Phi) is 6.10. The molecule has 0 aliphatic rings. The van der Waals surface area contributed by atoms with Crippen LogP contribution in [0.1, 0.15) is 37.1 Å². The molecule has 0 saturated carbocycles. The second kappa shape index (κ2) is 8.06. The van der Waals surface area contributed by atoms with Crippen molar-refractivity contribution in [3.05, 3.63) is 34.7 Å². The molecule has 0 radical (unpaired) electrons. The van der Waals surface area contributed by atoms with Gasteiger partial charge in [-0.15, -0.1) is 11.3 Å². The minimum atomic E-state index is -0.0188. The van der Waals surface area contributed by atoms with E-state index in [-0.39, 0.29) is 5.91 Å². The Bertz CT molecular complexity index is 619. The summed E-state index contributed by atoms with van der Waals surface area (Å²) in [6.45, 7) is 4.78. The molecule has 0 atom stereocenters. The Morgan fingerprint density at radius 3 is 2.55 bits per heavy atom. The highest BCUT2D eigenvalue weighted by molar-refractivity contribution is 7.16. The van der Waals surface area contributed by atoms with E-state index in [4.69, 9.17) is 5.73 Å². The zero-order valence-corrected chi connectivity index (χ0v) is 14.0. The first kappa shape index (κ1) is 16.6. The fraction of sp³-hybridized carbons (Fsp3) is 0.412.